The van der Waals surface area contributed by atoms with Crippen LogP contribution >= 0.6 is 11.5 Å². The van der Waals surface area contributed by atoms with Gasteiger partial charge in [-0.1, -0.05) is 32.2 Å². The molecule has 1 heterocycles. The third-order valence-corrected chi connectivity index (χ3v) is 3.65. The first-order valence-electron chi connectivity index (χ1n) is 6.59. The van der Waals surface area contributed by atoms with Crippen molar-refractivity contribution in [2.24, 2.45) is 5.41 Å². The first-order valence-corrected chi connectivity index (χ1v) is 7.37. The van der Waals surface area contributed by atoms with Gasteiger partial charge in [-0.25, -0.2) is 4.79 Å². The molecule has 1 unspecified atom stereocenters. The number of carboxylic acids is 1. The SMILES string of the molecule is CCc1nnsc1C(=O)NC(CCC(C)(C)C)C(=O)O. The smallest absolute Gasteiger partial charge is 0.326 e. The number of hydrogen-bond donors (Lipinski definition) is 2. The Kier molecular flexibility index (Phi) is 5.62. The van der Waals surface area contributed by atoms with Crippen LogP contribution in [0.3, 0.4) is 0 Å². The topological polar surface area (TPSA) is 92.2 Å². The molecule has 0 aliphatic heterocycles. The summed E-state index contributed by atoms with van der Waals surface area (Å²) in [6.45, 7) is 7.99. The van der Waals surface area contributed by atoms with Gasteiger partial charge in [0.25, 0.3) is 5.91 Å². The van der Waals surface area contributed by atoms with E-state index in [1.54, 1.807) is 0 Å². The zero-order chi connectivity index (χ0) is 15.3. The lowest BCUT2D eigenvalue weighted by Gasteiger charge is -2.21. The van der Waals surface area contributed by atoms with Crippen molar-refractivity contribution in [3.8, 4) is 0 Å². The summed E-state index contributed by atoms with van der Waals surface area (Å²) in [5.41, 5.74) is 0.631. The molecular formula is C13H21N3O3S. The second-order valence-electron chi connectivity index (χ2n) is 5.87. The highest BCUT2D eigenvalue weighted by Crippen LogP contribution is 2.22. The summed E-state index contributed by atoms with van der Waals surface area (Å²) in [7, 11) is 0. The highest BCUT2D eigenvalue weighted by molar-refractivity contribution is 7.08. The standard InChI is InChI=1S/C13H21N3O3S/c1-5-8-10(20-16-15-8)11(17)14-9(12(18)19)6-7-13(2,3)4/h9H,5-7H2,1-4H3,(H,14,17)(H,18,19). The largest absolute Gasteiger partial charge is 0.480 e. The fourth-order valence-corrected chi connectivity index (χ4v) is 2.32. The van der Waals surface area contributed by atoms with E-state index in [9.17, 15) is 14.7 Å². The number of rotatable bonds is 6. The van der Waals surface area contributed by atoms with Gasteiger partial charge in [-0.05, 0) is 36.2 Å². The van der Waals surface area contributed by atoms with Crippen molar-refractivity contribution in [3.05, 3.63) is 10.6 Å². The first kappa shape index (κ1) is 16.6. The predicted molar refractivity (Wildman–Crippen MR) is 76.9 cm³/mol. The molecule has 0 aromatic carbocycles. The van der Waals surface area contributed by atoms with Crippen LogP contribution in [0.5, 0.6) is 0 Å². The van der Waals surface area contributed by atoms with Crippen LogP contribution in [0.4, 0.5) is 0 Å². The van der Waals surface area contributed by atoms with E-state index in [0.29, 0.717) is 29.8 Å². The summed E-state index contributed by atoms with van der Waals surface area (Å²) in [6, 6.07) is -0.881. The van der Waals surface area contributed by atoms with Gasteiger partial charge in [0.15, 0.2) is 0 Å². The first-order chi connectivity index (χ1) is 9.24. The van der Waals surface area contributed by atoms with Crippen LogP contribution in [0.15, 0.2) is 0 Å². The van der Waals surface area contributed by atoms with Gasteiger partial charge in [0.05, 0.1) is 5.69 Å². The maximum atomic E-state index is 12.1. The zero-order valence-electron chi connectivity index (χ0n) is 12.3. The number of amides is 1. The Labute approximate surface area is 122 Å². The average molecular weight is 299 g/mol. The maximum Gasteiger partial charge on any atom is 0.326 e. The van der Waals surface area contributed by atoms with Crippen LogP contribution in [0, 0.1) is 5.41 Å². The molecule has 6 nitrogen and oxygen atoms in total. The van der Waals surface area contributed by atoms with Gasteiger partial charge in [0.1, 0.15) is 10.9 Å². The van der Waals surface area contributed by atoms with E-state index in [2.05, 4.69) is 14.9 Å². The van der Waals surface area contributed by atoms with Crippen LogP contribution in [0.2, 0.25) is 0 Å². The summed E-state index contributed by atoms with van der Waals surface area (Å²) in [4.78, 5) is 23.7. The van der Waals surface area contributed by atoms with Crippen molar-refractivity contribution in [1.82, 2.24) is 14.9 Å². The Morgan fingerprint density at radius 1 is 1.40 bits per heavy atom. The second-order valence-corrected chi connectivity index (χ2v) is 6.62. The van der Waals surface area contributed by atoms with E-state index >= 15 is 0 Å². The van der Waals surface area contributed by atoms with Gasteiger partial charge in [0, 0.05) is 0 Å². The third kappa shape index (κ3) is 4.88. The van der Waals surface area contributed by atoms with Crippen molar-refractivity contribution in [2.75, 3.05) is 0 Å². The normalized spacial score (nSPS) is 13.0. The number of aliphatic carboxylic acids is 1. The number of nitrogens with one attached hydrogen (secondary N) is 1. The number of aromatic nitrogens is 2. The van der Waals surface area contributed by atoms with E-state index in [1.165, 1.54) is 0 Å². The molecule has 1 atom stereocenters. The molecule has 0 saturated heterocycles. The van der Waals surface area contributed by atoms with E-state index in [0.717, 1.165) is 11.5 Å². The van der Waals surface area contributed by atoms with Crippen LogP contribution in [-0.2, 0) is 11.2 Å². The molecule has 0 aliphatic rings. The van der Waals surface area contributed by atoms with E-state index in [-0.39, 0.29) is 5.41 Å². The minimum absolute atomic E-state index is 0.0268. The van der Waals surface area contributed by atoms with Crippen molar-refractivity contribution >= 4 is 23.4 Å². The molecule has 7 heteroatoms. The van der Waals surface area contributed by atoms with Crippen molar-refractivity contribution in [1.29, 1.82) is 0 Å². The van der Waals surface area contributed by atoms with Gasteiger partial charge in [-0.2, -0.15) is 0 Å². The summed E-state index contributed by atoms with van der Waals surface area (Å²) in [6.07, 6.45) is 1.71. The molecule has 1 aromatic rings. The summed E-state index contributed by atoms with van der Waals surface area (Å²) < 4.78 is 3.73. The Bertz CT molecular complexity index is 479. The molecular weight excluding hydrogens is 278 g/mol. The molecule has 2 N–H and O–H groups in total. The van der Waals surface area contributed by atoms with Gasteiger partial charge >= 0.3 is 5.97 Å². The fraction of sp³-hybridized carbons (Fsp3) is 0.692. The fourth-order valence-electron chi connectivity index (χ4n) is 1.67. The van der Waals surface area contributed by atoms with Crippen molar-refractivity contribution < 1.29 is 14.7 Å². The minimum Gasteiger partial charge on any atom is -0.480 e. The summed E-state index contributed by atoms with van der Waals surface area (Å²) in [5, 5.41) is 15.6. The van der Waals surface area contributed by atoms with Crippen LogP contribution in [-0.4, -0.2) is 32.6 Å². The Hall–Kier alpha value is -1.50. The second kappa shape index (κ2) is 6.78. The van der Waals surface area contributed by atoms with E-state index in [1.807, 2.05) is 27.7 Å². The molecule has 1 aromatic heterocycles. The molecule has 1 rings (SSSR count). The lowest BCUT2D eigenvalue weighted by atomic mass is 9.88. The lowest BCUT2D eigenvalue weighted by Crippen LogP contribution is -2.41. The molecule has 112 valence electrons. The third-order valence-electron chi connectivity index (χ3n) is 2.88. The molecule has 0 bridgehead atoms. The number of hydrogen-bond acceptors (Lipinski definition) is 5. The van der Waals surface area contributed by atoms with E-state index < -0.39 is 17.9 Å². The lowest BCUT2D eigenvalue weighted by molar-refractivity contribution is -0.139. The van der Waals surface area contributed by atoms with Crippen molar-refractivity contribution in [3.63, 3.8) is 0 Å². The predicted octanol–water partition coefficient (Wildman–Crippen LogP) is 2.11. The van der Waals surface area contributed by atoms with Crippen LogP contribution in [0.25, 0.3) is 0 Å². The van der Waals surface area contributed by atoms with Gasteiger partial charge in [0.2, 0.25) is 0 Å². The number of aryl methyl sites for hydroxylation is 1. The summed E-state index contributed by atoms with van der Waals surface area (Å²) in [5.74, 6) is -1.42. The van der Waals surface area contributed by atoms with Crippen molar-refractivity contribution in [2.45, 2.75) is 53.0 Å². The molecule has 20 heavy (non-hydrogen) atoms. The van der Waals surface area contributed by atoms with Gasteiger partial charge < -0.3 is 10.4 Å². The molecule has 0 spiro atoms. The number of carboxylic acid groups (broad SMARTS) is 1. The van der Waals surface area contributed by atoms with Crippen LogP contribution < -0.4 is 5.32 Å². The molecule has 0 saturated carbocycles. The number of carbonyl (C=O) groups excluding carboxylic acids is 1. The quantitative estimate of drug-likeness (QED) is 0.839. The van der Waals surface area contributed by atoms with Crippen LogP contribution in [0.1, 0.15) is 55.9 Å². The number of nitrogens with zero attached hydrogens (tertiary/aromatic N) is 2. The average Bonchev–Trinajstić information content (AvgIpc) is 2.80. The summed E-state index contributed by atoms with van der Waals surface area (Å²) >= 11 is 0.993. The maximum absolute atomic E-state index is 12.1. The Morgan fingerprint density at radius 2 is 2.05 bits per heavy atom. The minimum atomic E-state index is -1.02. The molecule has 0 radical (unpaired) electrons. The van der Waals surface area contributed by atoms with Gasteiger partial charge in [-0.15, -0.1) is 5.10 Å². The highest BCUT2D eigenvalue weighted by atomic mass is 32.1. The number of carbonyl (C=O) groups is 2. The van der Waals surface area contributed by atoms with E-state index in [4.69, 9.17) is 0 Å². The molecule has 0 aliphatic carbocycles. The zero-order valence-corrected chi connectivity index (χ0v) is 13.1. The molecule has 0 fully saturated rings. The van der Waals surface area contributed by atoms with Gasteiger partial charge in [-0.3, -0.25) is 4.79 Å². The monoisotopic (exact) mass is 299 g/mol. The highest BCUT2D eigenvalue weighted by Gasteiger charge is 2.25. The Balaban J connectivity index is 2.71. The Morgan fingerprint density at radius 3 is 2.55 bits per heavy atom. The molecule has 1 amide bonds.